The van der Waals surface area contributed by atoms with Crippen molar-refractivity contribution in [3.05, 3.63) is 35.4 Å². The van der Waals surface area contributed by atoms with Crippen LogP contribution in [-0.4, -0.2) is 69.6 Å². The lowest BCUT2D eigenvalue weighted by molar-refractivity contribution is -0.929. The maximum atomic E-state index is 12.5. The molecule has 0 aliphatic carbocycles. The van der Waals surface area contributed by atoms with Gasteiger partial charge in [-0.2, -0.15) is 0 Å². The minimum absolute atomic E-state index is 0.0925. The van der Waals surface area contributed by atoms with E-state index in [1.165, 1.54) is 4.90 Å². The lowest BCUT2D eigenvalue weighted by Gasteiger charge is -2.28. The van der Waals surface area contributed by atoms with Gasteiger partial charge in [-0.3, -0.25) is 9.59 Å². The maximum Gasteiger partial charge on any atom is 0.265 e. The number of quaternary nitrogens is 1. The number of hydrogen-bond donors (Lipinski definition) is 1. The summed E-state index contributed by atoms with van der Waals surface area (Å²) in [6.45, 7) is 1.15. The molecule has 1 unspecified atom stereocenters. The van der Waals surface area contributed by atoms with Crippen molar-refractivity contribution >= 4 is 21.7 Å². The lowest BCUT2D eigenvalue weighted by atomic mass is 10.1. The van der Waals surface area contributed by atoms with Crippen LogP contribution in [0.2, 0.25) is 0 Å². The van der Waals surface area contributed by atoms with Gasteiger partial charge < -0.3 is 9.64 Å². The van der Waals surface area contributed by atoms with Crippen molar-refractivity contribution in [1.82, 2.24) is 4.90 Å². The lowest BCUT2D eigenvalue weighted by Crippen LogP contribution is -3.18. The Hall–Kier alpha value is -1.77. The van der Waals surface area contributed by atoms with Gasteiger partial charge in [0.1, 0.15) is 18.3 Å². The van der Waals surface area contributed by atoms with Crippen LogP contribution in [0.25, 0.3) is 0 Å². The van der Waals surface area contributed by atoms with E-state index >= 15 is 0 Å². The Morgan fingerprint density at radius 1 is 1.21 bits per heavy atom. The first kappa shape index (κ1) is 17.1. The zero-order valence-electron chi connectivity index (χ0n) is 13.5. The van der Waals surface area contributed by atoms with Crippen molar-refractivity contribution in [3.63, 3.8) is 0 Å². The van der Waals surface area contributed by atoms with Gasteiger partial charge in [-0.1, -0.05) is 12.1 Å². The Balaban J connectivity index is 1.78. The Morgan fingerprint density at radius 2 is 1.83 bits per heavy atom. The largest absolute Gasteiger partial charge is 0.379 e. The fourth-order valence-corrected chi connectivity index (χ4v) is 5.17. The number of hydrogen-bond acceptors (Lipinski definition) is 5. The number of nitrogens with one attached hydrogen (secondary N) is 1. The highest BCUT2D eigenvalue weighted by molar-refractivity contribution is 7.91. The van der Waals surface area contributed by atoms with Crippen LogP contribution in [0.3, 0.4) is 0 Å². The van der Waals surface area contributed by atoms with Crippen LogP contribution in [0, 0.1) is 0 Å². The average Bonchev–Trinajstić information content (AvgIpc) is 3.04. The molecule has 2 atom stereocenters. The van der Waals surface area contributed by atoms with Crippen molar-refractivity contribution in [1.29, 1.82) is 0 Å². The van der Waals surface area contributed by atoms with Gasteiger partial charge >= 0.3 is 0 Å². The summed E-state index contributed by atoms with van der Waals surface area (Å²) < 4.78 is 28.6. The second kappa shape index (κ2) is 6.62. The van der Waals surface area contributed by atoms with E-state index in [1.54, 1.807) is 31.4 Å². The molecule has 1 saturated heterocycles. The van der Waals surface area contributed by atoms with Gasteiger partial charge in [0, 0.05) is 13.5 Å². The van der Waals surface area contributed by atoms with Crippen molar-refractivity contribution in [2.24, 2.45) is 0 Å². The number of imide groups is 1. The molecule has 0 spiro atoms. The van der Waals surface area contributed by atoms with Gasteiger partial charge in [0.25, 0.3) is 11.8 Å². The number of carbonyl (C=O) groups is 2. The quantitative estimate of drug-likeness (QED) is 0.660. The molecule has 1 fully saturated rings. The fraction of sp³-hybridized carbons (Fsp3) is 0.500. The van der Waals surface area contributed by atoms with Crippen LogP contribution in [0.5, 0.6) is 0 Å². The predicted octanol–water partition coefficient (Wildman–Crippen LogP) is -1.04. The maximum absolute atomic E-state index is 12.5. The van der Waals surface area contributed by atoms with Gasteiger partial charge in [0.15, 0.2) is 16.5 Å². The van der Waals surface area contributed by atoms with E-state index in [-0.39, 0.29) is 36.0 Å². The molecule has 8 heteroatoms. The Morgan fingerprint density at radius 3 is 2.33 bits per heavy atom. The molecule has 7 nitrogen and oxygen atoms in total. The molecule has 2 amide bonds. The number of amides is 2. The van der Waals surface area contributed by atoms with E-state index in [0.717, 1.165) is 4.90 Å². The Labute approximate surface area is 141 Å². The first-order chi connectivity index (χ1) is 11.4. The highest BCUT2D eigenvalue weighted by Crippen LogP contribution is 2.21. The van der Waals surface area contributed by atoms with Crippen LogP contribution < -0.4 is 4.90 Å². The number of methoxy groups -OCH3 is 1. The first-order valence-electron chi connectivity index (χ1n) is 7.92. The van der Waals surface area contributed by atoms with Gasteiger partial charge in [0.05, 0.1) is 23.5 Å². The van der Waals surface area contributed by atoms with Crippen molar-refractivity contribution in [2.75, 3.05) is 38.4 Å². The third-order valence-electron chi connectivity index (χ3n) is 4.68. The smallest absolute Gasteiger partial charge is 0.265 e. The molecular formula is C16H21N2O5S+. The molecule has 3 rings (SSSR count). The summed E-state index contributed by atoms with van der Waals surface area (Å²) in [6.07, 6.45) is 0.546. The van der Waals surface area contributed by atoms with E-state index in [4.69, 9.17) is 4.74 Å². The van der Waals surface area contributed by atoms with Gasteiger partial charge in [0.2, 0.25) is 0 Å². The second-order valence-electron chi connectivity index (χ2n) is 6.24. The van der Waals surface area contributed by atoms with E-state index in [9.17, 15) is 18.0 Å². The van der Waals surface area contributed by atoms with E-state index in [1.807, 2.05) is 0 Å². The monoisotopic (exact) mass is 353 g/mol. The summed E-state index contributed by atoms with van der Waals surface area (Å²) in [6, 6.07) is 6.63. The number of sulfone groups is 1. The first-order valence-corrected chi connectivity index (χ1v) is 9.74. The normalized spacial score (nSPS) is 23.5. The SMILES string of the molecule is COCC[NH+](CN1C(=O)c2ccccc2C1=O)[C@@H]1CCS(=O)(=O)C1. The number of benzene rings is 1. The number of ether oxygens (including phenoxy) is 1. The number of nitrogens with zero attached hydrogens (tertiary/aromatic N) is 1. The average molecular weight is 353 g/mol. The minimum atomic E-state index is -3.03. The zero-order valence-corrected chi connectivity index (χ0v) is 14.3. The summed E-state index contributed by atoms with van der Waals surface area (Å²) >= 11 is 0. The molecule has 2 aliphatic heterocycles. The number of rotatable bonds is 6. The second-order valence-corrected chi connectivity index (χ2v) is 8.47. The molecule has 1 aromatic carbocycles. The standard InChI is InChI=1S/C16H20N2O5S/c1-23-8-7-17(12-6-9-24(21,22)10-12)11-18-15(19)13-4-2-3-5-14(13)16(18)20/h2-5,12H,6-11H2,1H3/p+1/t12-/m1/s1. The molecule has 0 bridgehead atoms. The molecule has 0 saturated carbocycles. The predicted molar refractivity (Wildman–Crippen MR) is 86.6 cm³/mol. The summed E-state index contributed by atoms with van der Waals surface area (Å²) in [7, 11) is -1.46. The summed E-state index contributed by atoms with van der Waals surface area (Å²) in [4.78, 5) is 27.1. The van der Waals surface area contributed by atoms with Crippen LogP contribution in [-0.2, 0) is 14.6 Å². The molecule has 1 N–H and O–H groups in total. The van der Waals surface area contributed by atoms with Gasteiger partial charge in [-0.15, -0.1) is 0 Å². The summed E-state index contributed by atoms with van der Waals surface area (Å²) in [5.41, 5.74) is 0.820. The summed E-state index contributed by atoms with van der Waals surface area (Å²) in [5.74, 6) is -0.372. The molecular weight excluding hydrogens is 332 g/mol. The zero-order chi connectivity index (χ0) is 17.3. The molecule has 1 aromatic rings. The number of fused-ring (bicyclic) bond motifs is 1. The van der Waals surface area contributed by atoms with E-state index < -0.39 is 9.84 Å². The Bertz CT molecular complexity index is 726. The van der Waals surface area contributed by atoms with Crippen LogP contribution in [0.4, 0.5) is 0 Å². The fourth-order valence-electron chi connectivity index (χ4n) is 3.35. The van der Waals surface area contributed by atoms with Crippen molar-refractivity contribution in [2.45, 2.75) is 12.5 Å². The Kier molecular flexibility index (Phi) is 4.71. The van der Waals surface area contributed by atoms with Crippen LogP contribution in [0.15, 0.2) is 24.3 Å². The van der Waals surface area contributed by atoms with E-state index in [2.05, 4.69) is 0 Å². The van der Waals surface area contributed by atoms with E-state index in [0.29, 0.717) is 30.7 Å². The topological polar surface area (TPSA) is 85.2 Å². The molecule has 2 heterocycles. The van der Waals surface area contributed by atoms with Crippen LogP contribution >= 0.6 is 0 Å². The molecule has 0 radical (unpaired) electrons. The minimum Gasteiger partial charge on any atom is -0.379 e. The van der Waals surface area contributed by atoms with Crippen molar-refractivity contribution in [3.8, 4) is 0 Å². The molecule has 130 valence electrons. The highest BCUT2D eigenvalue weighted by atomic mass is 32.2. The third-order valence-corrected chi connectivity index (χ3v) is 6.44. The number of carbonyl (C=O) groups excluding carboxylic acids is 2. The summed E-state index contributed by atoms with van der Waals surface area (Å²) in [5, 5.41) is 0. The third kappa shape index (κ3) is 3.22. The van der Waals surface area contributed by atoms with Crippen LogP contribution in [0.1, 0.15) is 27.1 Å². The van der Waals surface area contributed by atoms with Gasteiger partial charge in [-0.05, 0) is 12.1 Å². The highest BCUT2D eigenvalue weighted by Gasteiger charge is 2.41. The molecule has 0 aromatic heterocycles. The van der Waals surface area contributed by atoms with Crippen molar-refractivity contribution < 1.29 is 27.6 Å². The molecule has 24 heavy (non-hydrogen) atoms. The van der Waals surface area contributed by atoms with Gasteiger partial charge in [-0.25, -0.2) is 13.3 Å². The molecule has 2 aliphatic rings.